The fourth-order valence-corrected chi connectivity index (χ4v) is 1.48. The lowest BCUT2D eigenvalue weighted by molar-refractivity contribution is -0.556. The van der Waals surface area contributed by atoms with Gasteiger partial charge >= 0.3 is 0 Å². The van der Waals surface area contributed by atoms with Crippen LogP contribution in [-0.4, -0.2) is 4.98 Å². The van der Waals surface area contributed by atoms with Gasteiger partial charge in [-0.15, -0.1) is 0 Å². The first-order valence-corrected chi connectivity index (χ1v) is 4.96. The number of rotatable bonds is 2. The molecule has 2 nitrogen and oxygen atoms in total. The Balaban J connectivity index is 2.53. The van der Waals surface area contributed by atoms with Crippen LogP contribution in [0.3, 0.4) is 0 Å². The molecule has 0 fully saturated rings. The van der Waals surface area contributed by atoms with Crippen molar-refractivity contribution in [1.29, 1.82) is 0 Å². The van der Waals surface area contributed by atoms with Gasteiger partial charge in [0.15, 0.2) is 12.4 Å². The molecule has 0 N–H and O–H groups in total. The Bertz CT molecular complexity index is 461. The van der Waals surface area contributed by atoms with Gasteiger partial charge in [-0.3, -0.25) is 0 Å². The molecule has 0 saturated heterocycles. The van der Waals surface area contributed by atoms with Gasteiger partial charge in [-0.25, -0.2) is 4.98 Å². The summed E-state index contributed by atoms with van der Waals surface area (Å²) in [6, 6.07) is 12.0. The second kappa shape index (κ2) is 4.51. The van der Waals surface area contributed by atoms with Gasteiger partial charge in [0.25, 0.3) is 0 Å². The molecule has 15 heavy (non-hydrogen) atoms. The van der Waals surface area contributed by atoms with E-state index in [1.54, 1.807) is 0 Å². The third kappa shape index (κ3) is 2.10. The molecule has 0 radical (unpaired) electrons. The summed E-state index contributed by atoms with van der Waals surface area (Å²) in [5.41, 5.74) is 2.08. The molecular formula is C13H13N2+. The highest BCUT2D eigenvalue weighted by atomic mass is 14.9. The number of nitrogens with zero attached hydrogens (tertiary/aromatic N) is 2. The Morgan fingerprint density at radius 2 is 2.00 bits per heavy atom. The number of aromatic nitrogens is 2. The minimum atomic E-state index is 0.983. The zero-order valence-electron chi connectivity index (χ0n) is 8.67. The van der Waals surface area contributed by atoms with E-state index in [0.717, 1.165) is 11.4 Å². The van der Waals surface area contributed by atoms with E-state index < -0.39 is 0 Å². The van der Waals surface area contributed by atoms with Gasteiger partial charge < -0.3 is 0 Å². The van der Waals surface area contributed by atoms with Crippen LogP contribution in [0.5, 0.6) is 0 Å². The van der Waals surface area contributed by atoms with Crippen LogP contribution in [0.2, 0.25) is 0 Å². The van der Waals surface area contributed by atoms with Crippen LogP contribution in [-0.2, 0) is 0 Å². The average Bonchev–Trinajstić information content (AvgIpc) is 2.31. The zero-order valence-corrected chi connectivity index (χ0v) is 8.67. The molecule has 0 saturated carbocycles. The molecule has 0 atom stereocenters. The Morgan fingerprint density at radius 3 is 2.73 bits per heavy atom. The maximum absolute atomic E-state index is 4.34. The summed E-state index contributed by atoms with van der Waals surface area (Å²) in [6.07, 6.45) is 7.85. The first kappa shape index (κ1) is 9.59. The van der Waals surface area contributed by atoms with Gasteiger partial charge in [-0.05, 0) is 31.2 Å². The molecule has 2 aromatic heterocycles. The molecular weight excluding hydrogens is 184 g/mol. The van der Waals surface area contributed by atoms with Crippen molar-refractivity contribution in [3.05, 3.63) is 54.9 Å². The van der Waals surface area contributed by atoms with Gasteiger partial charge in [0.2, 0.25) is 5.69 Å². The normalized spacial score (nSPS) is 10.7. The molecule has 0 unspecified atom stereocenters. The summed E-state index contributed by atoms with van der Waals surface area (Å²) >= 11 is 0. The lowest BCUT2D eigenvalue weighted by Crippen LogP contribution is -2.28. The Morgan fingerprint density at radius 1 is 1.13 bits per heavy atom. The molecule has 0 aromatic carbocycles. The van der Waals surface area contributed by atoms with Crippen LogP contribution in [0, 0.1) is 0 Å². The van der Waals surface area contributed by atoms with E-state index >= 15 is 0 Å². The van der Waals surface area contributed by atoms with Crippen molar-refractivity contribution in [1.82, 2.24) is 4.98 Å². The van der Waals surface area contributed by atoms with E-state index in [2.05, 4.69) is 15.6 Å². The number of hydrogen-bond acceptors (Lipinski definition) is 1. The highest BCUT2D eigenvalue weighted by Gasteiger charge is 2.09. The second-order valence-electron chi connectivity index (χ2n) is 3.19. The van der Waals surface area contributed by atoms with Crippen molar-refractivity contribution < 1.29 is 4.57 Å². The lowest BCUT2D eigenvalue weighted by Gasteiger charge is -1.97. The number of allylic oxidation sites excluding steroid dienone is 1. The average molecular weight is 197 g/mol. The van der Waals surface area contributed by atoms with Gasteiger partial charge in [-0.1, -0.05) is 6.07 Å². The summed E-state index contributed by atoms with van der Waals surface area (Å²) in [5.74, 6) is 0. The summed E-state index contributed by atoms with van der Waals surface area (Å²) in [7, 11) is 0. The topological polar surface area (TPSA) is 16.8 Å². The van der Waals surface area contributed by atoms with Gasteiger partial charge in [0, 0.05) is 18.3 Å². The zero-order chi connectivity index (χ0) is 10.5. The Labute approximate surface area is 89.5 Å². The van der Waals surface area contributed by atoms with Crippen LogP contribution in [0.25, 0.3) is 17.6 Å². The van der Waals surface area contributed by atoms with Crippen molar-refractivity contribution in [2.45, 2.75) is 6.92 Å². The minimum absolute atomic E-state index is 0.983. The van der Waals surface area contributed by atoms with Crippen molar-refractivity contribution in [3.63, 3.8) is 0 Å². The summed E-state index contributed by atoms with van der Waals surface area (Å²) in [6.45, 7) is 2.00. The summed E-state index contributed by atoms with van der Waals surface area (Å²) in [4.78, 5) is 4.34. The predicted octanol–water partition coefficient (Wildman–Crippen LogP) is 2.53. The van der Waals surface area contributed by atoms with Crippen molar-refractivity contribution in [2.75, 3.05) is 0 Å². The molecule has 2 rings (SSSR count). The Kier molecular flexibility index (Phi) is 2.88. The van der Waals surface area contributed by atoms with Crippen molar-refractivity contribution >= 4 is 6.20 Å². The molecule has 0 spiro atoms. The van der Waals surface area contributed by atoms with Crippen molar-refractivity contribution in [2.24, 2.45) is 0 Å². The standard InChI is InChI=1S/C13H13N2/c1-2-10-15-11-6-4-8-13(15)12-7-3-5-9-14-12/h2-11H,1H3/q+1. The minimum Gasteiger partial charge on any atom is -0.250 e. The molecule has 0 aliphatic carbocycles. The largest absolute Gasteiger partial charge is 0.250 e. The third-order valence-electron chi connectivity index (χ3n) is 2.13. The highest BCUT2D eigenvalue weighted by molar-refractivity contribution is 5.50. The predicted molar refractivity (Wildman–Crippen MR) is 60.9 cm³/mol. The maximum atomic E-state index is 4.34. The molecule has 74 valence electrons. The van der Waals surface area contributed by atoms with Gasteiger partial charge in [-0.2, -0.15) is 4.57 Å². The van der Waals surface area contributed by atoms with Crippen LogP contribution in [0.15, 0.2) is 54.9 Å². The maximum Gasteiger partial charge on any atom is 0.236 e. The van der Waals surface area contributed by atoms with E-state index in [0.29, 0.717) is 0 Å². The Hall–Kier alpha value is -1.96. The quantitative estimate of drug-likeness (QED) is 0.676. The smallest absolute Gasteiger partial charge is 0.236 e. The van der Waals surface area contributed by atoms with Crippen LogP contribution in [0.4, 0.5) is 0 Å². The lowest BCUT2D eigenvalue weighted by atomic mass is 10.2. The van der Waals surface area contributed by atoms with Crippen LogP contribution in [0.1, 0.15) is 6.92 Å². The first-order chi connectivity index (χ1) is 7.42. The fraction of sp³-hybridized carbons (Fsp3) is 0.0769. The van der Waals surface area contributed by atoms with Gasteiger partial charge in [0.05, 0.1) is 0 Å². The summed E-state index contributed by atoms with van der Waals surface area (Å²) in [5, 5.41) is 0. The molecule has 0 aliphatic heterocycles. The van der Waals surface area contributed by atoms with Crippen molar-refractivity contribution in [3.8, 4) is 11.4 Å². The van der Waals surface area contributed by atoms with E-state index in [-0.39, 0.29) is 0 Å². The molecule has 0 aliphatic rings. The molecule has 0 amide bonds. The fourth-order valence-electron chi connectivity index (χ4n) is 1.48. The van der Waals surface area contributed by atoms with Crippen LogP contribution >= 0.6 is 0 Å². The second-order valence-corrected chi connectivity index (χ2v) is 3.19. The molecule has 2 heterocycles. The molecule has 2 heteroatoms. The monoisotopic (exact) mass is 197 g/mol. The molecule has 2 aromatic rings. The third-order valence-corrected chi connectivity index (χ3v) is 2.13. The van der Waals surface area contributed by atoms with E-state index in [9.17, 15) is 0 Å². The SMILES string of the molecule is CC=C[n+]1ccccc1-c1ccccn1. The van der Waals surface area contributed by atoms with E-state index in [1.807, 2.05) is 61.9 Å². The van der Waals surface area contributed by atoms with Gasteiger partial charge in [0.1, 0.15) is 5.69 Å². The highest BCUT2D eigenvalue weighted by Crippen LogP contribution is 2.10. The summed E-state index contributed by atoms with van der Waals surface area (Å²) < 4.78 is 2.06. The van der Waals surface area contributed by atoms with E-state index in [4.69, 9.17) is 0 Å². The number of hydrogen-bond donors (Lipinski definition) is 0. The first-order valence-electron chi connectivity index (χ1n) is 4.96. The number of pyridine rings is 2. The van der Waals surface area contributed by atoms with Crippen LogP contribution < -0.4 is 4.57 Å². The molecule has 0 bridgehead atoms. The van der Waals surface area contributed by atoms with E-state index in [1.165, 1.54) is 0 Å².